The number of hydrogen-bond donors (Lipinski definition) is 2. The molecule has 0 atom stereocenters. The average molecular weight is 318 g/mol. The Labute approximate surface area is 140 Å². The van der Waals surface area contributed by atoms with Crippen LogP contribution in [0.4, 0.5) is 17.2 Å². The molecule has 120 valence electrons. The van der Waals surface area contributed by atoms with Gasteiger partial charge in [-0.3, -0.25) is 4.79 Å². The van der Waals surface area contributed by atoms with Crippen molar-refractivity contribution < 1.29 is 4.79 Å². The summed E-state index contributed by atoms with van der Waals surface area (Å²) in [6.07, 6.45) is 1.89. The number of carbonyl (C=O) groups excluding carboxylic acids is 1. The van der Waals surface area contributed by atoms with Gasteiger partial charge in [0.2, 0.25) is 5.91 Å². The lowest BCUT2D eigenvalue weighted by Gasteiger charge is -2.08. The van der Waals surface area contributed by atoms with E-state index >= 15 is 0 Å². The summed E-state index contributed by atoms with van der Waals surface area (Å²) in [7, 11) is 0. The largest absolute Gasteiger partial charge is 0.340 e. The molecule has 0 radical (unpaired) electrons. The molecular formula is C19H18N4O. The lowest BCUT2D eigenvalue weighted by atomic mass is 10.1. The molecule has 0 unspecified atom stereocenters. The minimum Gasteiger partial charge on any atom is -0.340 e. The Hall–Kier alpha value is -3.21. The maximum absolute atomic E-state index is 12.1. The number of aryl methyl sites for hydroxylation is 1. The van der Waals surface area contributed by atoms with Crippen molar-refractivity contribution in [3.05, 3.63) is 78.2 Å². The summed E-state index contributed by atoms with van der Waals surface area (Å²) in [6.45, 7) is 1.91. The second-order valence-electron chi connectivity index (χ2n) is 5.46. The summed E-state index contributed by atoms with van der Waals surface area (Å²) >= 11 is 0. The van der Waals surface area contributed by atoms with Crippen molar-refractivity contribution in [2.24, 2.45) is 0 Å². The van der Waals surface area contributed by atoms with E-state index in [9.17, 15) is 4.79 Å². The van der Waals surface area contributed by atoms with E-state index in [0.29, 0.717) is 6.42 Å². The molecule has 0 fully saturated rings. The molecule has 1 amide bonds. The first kappa shape index (κ1) is 15.7. The highest BCUT2D eigenvalue weighted by molar-refractivity contribution is 5.92. The topological polar surface area (TPSA) is 66.9 Å². The number of carbonyl (C=O) groups is 1. The van der Waals surface area contributed by atoms with Crippen LogP contribution in [0.25, 0.3) is 0 Å². The van der Waals surface area contributed by atoms with Crippen molar-refractivity contribution in [3.63, 3.8) is 0 Å². The highest BCUT2D eigenvalue weighted by atomic mass is 16.1. The molecule has 2 aromatic carbocycles. The van der Waals surface area contributed by atoms with Crippen LogP contribution in [0, 0.1) is 6.92 Å². The van der Waals surface area contributed by atoms with Gasteiger partial charge in [-0.05, 0) is 36.8 Å². The summed E-state index contributed by atoms with van der Waals surface area (Å²) in [5, 5.41) is 6.10. The molecule has 1 heterocycles. The predicted octanol–water partition coefficient (Wildman–Crippen LogP) is 3.71. The molecule has 0 aliphatic carbocycles. The van der Waals surface area contributed by atoms with E-state index in [-0.39, 0.29) is 5.91 Å². The molecule has 24 heavy (non-hydrogen) atoms. The van der Waals surface area contributed by atoms with Crippen LogP contribution in [0.2, 0.25) is 0 Å². The van der Waals surface area contributed by atoms with Crippen molar-refractivity contribution in [3.8, 4) is 0 Å². The highest BCUT2D eigenvalue weighted by Crippen LogP contribution is 2.18. The second kappa shape index (κ2) is 7.37. The van der Waals surface area contributed by atoms with Crippen LogP contribution >= 0.6 is 0 Å². The molecule has 0 aliphatic rings. The number of nitrogens with zero attached hydrogens (tertiary/aromatic N) is 2. The van der Waals surface area contributed by atoms with Crippen molar-refractivity contribution in [1.29, 1.82) is 0 Å². The van der Waals surface area contributed by atoms with Gasteiger partial charge in [-0.2, -0.15) is 0 Å². The second-order valence-corrected chi connectivity index (χ2v) is 5.46. The van der Waals surface area contributed by atoms with Crippen molar-refractivity contribution in [2.75, 3.05) is 10.6 Å². The number of amides is 1. The summed E-state index contributed by atoms with van der Waals surface area (Å²) in [5.41, 5.74) is 3.55. The van der Waals surface area contributed by atoms with E-state index in [0.717, 1.165) is 28.5 Å². The van der Waals surface area contributed by atoms with Gasteiger partial charge in [-0.25, -0.2) is 9.97 Å². The molecule has 0 bridgehead atoms. The van der Waals surface area contributed by atoms with Crippen molar-refractivity contribution in [1.82, 2.24) is 9.97 Å². The molecule has 2 N–H and O–H groups in total. The van der Waals surface area contributed by atoms with Crippen molar-refractivity contribution >= 4 is 23.1 Å². The smallest absolute Gasteiger partial charge is 0.228 e. The zero-order valence-corrected chi connectivity index (χ0v) is 13.4. The number of anilines is 3. The lowest BCUT2D eigenvalue weighted by Crippen LogP contribution is -2.14. The Bertz CT molecular complexity index is 816. The number of aromatic nitrogens is 2. The van der Waals surface area contributed by atoms with E-state index in [1.165, 1.54) is 6.33 Å². The third-order valence-corrected chi connectivity index (χ3v) is 3.45. The van der Waals surface area contributed by atoms with Gasteiger partial charge in [-0.1, -0.05) is 30.3 Å². The Morgan fingerprint density at radius 2 is 1.67 bits per heavy atom. The lowest BCUT2D eigenvalue weighted by molar-refractivity contribution is -0.115. The SMILES string of the molecule is Cc1cc(Nc2ccc(NC(=O)Cc3ccccc3)cc2)ncn1. The van der Waals surface area contributed by atoms with Gasteiger partial charge in [-0.15, -0.1) is 0 Å². The average Bonchev–Trinajstić information content (AvgIpc) is 2.57. The molecule has 3 aromatic rings. The highest BCUT2D eigenvalue weighted by Gasteiger charge is 2.04. The molecule has 1 aromatic heterocycles. The van der Waals surface area contributed by atoms with Crippen molar-refractivity contribution in [2.45, 2.75) is 13.3 Å². The number of benzene rings is 2. The van der Waals surface area contributed by atoms with Gasteiger partial charge >= 0.3 is 0 Å². The maximum atomic E-state index is 12.1. The molecule has 0 spiro atoms. The number of hydrogen-bond acceptors (Lipinski definition) is 4. The van der Waals surface area contributed by atoms with Crippen LogP contribution in [0.15, 0.2) is 67.0 Å². The quantitative estimate of drug-likeness (QED) is 0.752. The molecular weight excluding hydrogens is 300 g/mol. The zero-order valence-electron chi connectivity index (χ0n) is 13.4. The molecule has 0 aliphatic heterocycles. The standard InChI is InChI=1S/C19H18N4O/c1-14-11-18(21-13-20-14)22-16-7-9-17(10-8-16)23-19(24)12-15-5-3-2-4-6-15/h2-11,13H,12H2,1H3,(H,23,24)(H,20,21,22). The van der Waals surface area contributed by atoms with Crippen LogP contribution in [0.5, 0.6) is 0 Å². The Morgan fingerprint density at radius 3 is 2.38 bits per heavy atom. The summed E-state index contributed by atoms with van der Waals surface area (Å²) in [5.74, 6) is 0.705. The number of nitrogens with one attached hydrogen (secondary N) is 2. The first-order valence-electron chi connectivity index (χ1n) is 7.68. The van der Waals surface area contributed by atoms with E-state index in [4.69, 9.17) is 0 Å². The van der Waals surface area contributed by atoms with E-state index < -0.39 is 0 Å². The fourth-order valence-corrected chi connectivity index (χ4v) is 2.29. The van der Waals surface area contributed by atoms with E-state index in [1.807, 2.05) is 67.6 Å². The summed E-state index contributed by atoms with van der Waals surface area (Å²) < 4.78 is 0. The third kappa shape index (κ3) is 4.39. The normalized spacial score (nSPS) is 10.2. The van der Waals surface area contributed by atoms with Crippen LogP contribution in [0.3, 0.4) is 0 Å². The van der Waals surface area contributed by atoms with Crippen LogP contribution in [0.1, 0.15) is 11.3 Å². The molecule has 3 rings (SSSR count). The van der Waals surface area contributed by atoms with Gasteiger partial charge in [0.25, 0.3) is 0 Å². The fraction of sp³-hybridized carbons (Fsp3) is 0.105. The molecule has 5 heteroatoms. The van der Waals surface area contributed by atoms with Crippen LogP contribution in [-0.4, -0.2) is 15.9 Å². The van der Waals surface area contributed by atoms with Gasteiger partial charge in [0.15, 0.2) is 0 Å². The number of rotatable bonds is 5. The third-order valence-electron chi connectivity index (χ3n) is 3.45. The Kier molecular flexibility index (Phi) is 4.81. The van der Waals surface area contributed by atoms with Gasteiger partial charge < -0.3 is 10.6 Å². The predicted molar refractivity (Wildman–Crippen MR) is 95.3 cm³/mol. The molecule has 0 saturated carbocycles. The summed E-state index contributed by atoms with van der Waals surface area (Å²) in [4.78, 5) is 20.3. The first-order valence-corrected chi connectivity index (χ1v) is 7.68. The monoisotopic (exact) mass is 318 g/mol. The molecule has 0 saturated heterocycles. The maximum Gasteiger partial charge on any atom is 0.228 e. The summed E-state index contributed by atoms with van der Waals surface area (Å²) in [6, 6.07) is 19.1. The van der Waals surface area contributed by atoms with Gasteiger partial charge in [0.05, 0.1) is 6.42 Å². The minimum atomic E-state index is -0.0339. The van der Waals surface area contributed by atoms with E-state index in [1.54, 1.807) is 0 Å². The first-order chi connectivity index (χ1) is 11.7. The van der Waals surface area contributed by atoms with Gasteiger partial charge in [0.1, 0.15) is 12.1 Å². The van der Waals surface area contributed by atoms with Crippen LogP contribution < -0.4 is 10.6 Å². The van der Waals surface area contributed by atoms with Gasteiger partial charge in [0, 0.05) is 23.1 Å². The minimum absolute atomic E-state index is 0.0339. The zero-order chi connectivity index (χ0) is 16.8. The fourth-order valence-electron chi connectivity index (χ4n) is 2.29. The Morgan fingerprint density at radius 1 is 0.958 bits per heavy atom. The van der Waals surface area contributed by atoms with E-state index in [2.05, 4.69) is 20.6 Å². The molecule has 5 nitrogen and oxygen atoms in total. The Balaban J connectivity index is 1.59. The van der Waals surface area contributed by atoms with Crippen LogP contribution in [-0.2, 0) is 11.2 Å².